The van der Waals surface area contributed by atoms with E-state index in [0.717, 1.165) is 10.9 Å². The van der Waals surface area contributed by atoms with Gasteiger partial charge in [0.2, 0.25) is 0 Å². The number of aryl methyl sites for hydroxylation is 1. The molecule has 0 radical (unpaired) electrons. The topological polar surface area (TPSA) is 13.1 Å². The van der Waals surface area contributed by atoms with Gasteiger partial charge >= 0.3 is 0 Å². The molecule has 0 spiro atoms. The Morgan fingerprint density at radius 1 is 1.12 bits per heavy atom. The van der Waals surface area contributed by atoms with Crippen molar-refractivity contribution < 1.29 is 4.42 Å². The molecule has 0 bridgehead atoms. The molecule has 16 heavy (non-hydrogen) atoms. The van der Waals surface area contributed by atoms with Crippen molar-refractivity contribution in [2.24, 2.45) is 0 Å². The van der Waals surface area contributed by atoms with Crippen LogP contribution in [0.2, 0.25) is 0 Å². The summed E-state index contributed by atoms with van der Waals surface area (Å²) in [4.78, 5) is 0. The maximum absolute atomic E-state index is 5.32. The summed E-state index contributed by atoms with van der Waals surface area (Å²) in [6, 6.07) is 8.35. The highest BCUT2D eigenvalue weighted by Crippen LogP contribution is 2.27. The van der Waals surface area contributed by atoms with Crippen LogP contribution in [-0.2, 0) is 6.42 Å². The summed E-state index contributed by atoms with van der Waals surface area (Å²) >= 11 is 3.45. The maximum Gasteiger partial charge on any atom is 0.0983 e. The van der Waals surface area contributed by atoms with Crippen LogP contribution >= 0.6 is 15.9 Å². The zero-order valence-corrected chi connectivity index (χ0v) is 11.0. The van der Waals surface area contributed by atoms with Crippen molar-refractivity contribution in [1.29, 1.82) is 0 Å². The van der Waals surface area contributed by atoms with Crippen LogP contribution in [0.3, 0.4) is 0 Å². The van der Waals surface area contributed by atoms with Crippen molar-refractivity contribution in [1.82, 2.24) is 0 Å². The lowest BCUT2D eigenvalue weighted by molar-refractivity contribution is 0.563. The Morgan fingerprint density at radius 3 is 2.56 bits per heavy atom. The van der Waals surface area contributed by atoms with E-state index in [1.165, 1.54) is 29.5 Å². The minimum absolute atomic E-state index is 1.10. The Kier molecular flexibility index (Phi) is 3.83. The van der Waals surface area contributed by atoms with Gasteiger partial charge in [0, 0.05) is 10.0 Å². The predicted molar refractivity (Wildman–Crippen MR) is 70.5 cm³/mol. The molecular weight excluding hydrogens is 264 g/mol. The van der Waals surface area contributed by atoms with Gasteiger partial charge in [-0.1, -0.05) is 41.4 Å². The molecule has 2 aromatic rings. The second-order valence-corrected chi connectivity index (χ2v) is 4.84. The van der Waals surface area contributed by atoms with Gasteiger partial charge < -0.3 is 4.42 Å². The maximum atomic E-state index is 5.32. The second-order valence-electron chi connectivity index (χ2n) is 3.92. The van der Waals surface area contributed by atoms with Gasteiger partial charge in [0.15, 0.2) is 0 Å². The number of furan rings is 1. The molecule has 1 aromatic heterocycles. The molecule has 0 atom stereocenters. The Balaban J connectivity index is 2.26. The number of halogens is 1. The lowest BCUT2D eigenvalue weighted by atomic mass is 10.0. The first-order chi connectivity index (χ1) is 7.81. The highest BCUT2D eigenvalue weighted by Gasteiger charge is 2.07. The molecule has 0 saturated carbocycles. The summed E-state index contributed by atoms with van der Waals surface area (Å²) in [6.07, 6.45) is 7.23. The number of unbranched alkanes of at least 4 members (excludes halogenated alkanes) is 1. The van der Waals surface area contributed by atoms with Gasteiger partial charge in [0.05, 0.1) is 12.5 Å². The summed E-state index contributed by atoms with van der Waals surface area (Å²) in [5.74, 6) is 0. The third-order valence-electron chi connectivity index (χ3n) is 2.70. The molecule has 0 fully saturated rings. The monoisotopic (exact) mass is 278 g/mol. The SMILES string of the molecule is CCCCc1cocc1-c1ccc(Br)cc1. The van der Waals surface area contributed by atoms with Crippen molar-refractivity contribution in [3.63, 3.8) is 0 Å². The molecule has 0 N–H and O–H groups in total. The molecule has 2 heteroatoms. The first-order valence-corrected chi connectivity index (χ1v) is 6.41. The van der Waals surface area contributed by atoms with Crippen molar-refractivity contribution in [2.45, 2.75) is 26.2 Å². The van der Waals surface area contributed by atoms with Crippen molar-refractivity contribution in [2.75, 3.05) is 0 Å². The highest BCUT2D eigenvalue weighted by molar-refractivity contribution is 9.10. The first-order valence-electron chi connectivity index (χ1n) is 5.62. The zero-order chi connectivity index (χ0) is 11.4. The molecule has 1 aromatic carbocycles. The van der Waals surface area contributed by atoms with Gasteiger partial charge in [-0.05, 0) is 36.1 Å². The van der Waals surface area contributed by atoms with Gasteiger partial charge in [0.25, 0.3) is 0 Å². The second kappa shape index (κ2) is 5.35. The molecule has 84 valence electrons. The Bertz CT molecular complexity index is 442. The van der Waals surface area contributed by atoms with Crippen LogP contribution in [0.1, 0.15) is 25.3 Å². The molecule has 0 aliphatic carbocycles. The summed E-state index contributed by atoms with van der Waals surface area (Å²) in [5, 5.41) is 0. The van der Waals surface area contributed by atoms with Crippen LogP contribution in [0.5, 0.6) is 0 Å². The van der Waals surface area contributed by atoms with E-state index in [4.69, 9.17) is 4.42 Å². The largest absolute Gasteiger partial charge is 0.472 e. The summed E-state index contributed by atoms with van der Waals surface area (Å²) in [5.41, 5.74) is 3.76. The van der Waals surface area contributed by atoms with E-state index in [9.17, 15) is 0 Å². The normalized spacial score (nSPS) is 10.6. The van der Waals surface area contributed by atoms with Gasteiger partial charge in [-0.25, -0.2) is 0 Å². The summed E-state index contributed by atoms with van der Waals surface area (Å²) in [6.45, 7) is 2.21. The minimum Gasteiger partial charge on any atom is -0.472 e. The lowest BCUT2D eigenvalue weighted by Crippen LogP contribution is -1.85. The minimum atomic E-state index is 1.10. The quantitative estimate of drug-likeness (QED) is 0.763. The van der Waals surface area contributed by atoms with Crippen LogP contribution in [-0.4, -0.2) is 0 Å². The average Bonchev–Trinajstić information content (AvgIpc) is 2.75. The highest BCUT2D eigenvalue weighted by atomic mass is 79.9. The molecule has 0 unspecified atom stereocenters. The van der Waals surface area contributed by atoms with E-state index in [0.29, 0.717) is 0 Å². The zero-order valence-electron chi connectivity index (χ0n) is 9.37. The van der Waals surface area contributed by atoms with E-state index in [2.05, 4.69) is 47.1 Å². The number of rotatable bonds is 4. The molecule has 1 heterocycles. The van der Waals surface area contributed by atoms with Crippen molar-refractivity contribution >= 4 is 15.9 Å². The van der Waals surface area contributed by atoms with Crippen LogP contribution < -0.4 is 0 Å². The fraction of sp³-hybridized carbons (Fsp3) is 0.286. The molecule has 0 aliphatic rings. The van der Waals surface area contributed by atoms with E-state index in [-0.39, 0.29) is 0 Å². The third-order valence-corrected chi connectivity index (χ3v) is 3.23. The number of benzene rings is 1. The van der Waals surface area contributed by atoms with Gasteiger partial charge in [0.1, 0.15) is 0 Å². The summed E-state index contributed by atoms with van der Waals surface area (Å²) < 4.78 is 6.42. The van der Waals surface area contributed by atoms with E-state index >= 15 is 0 Å². The predicted octanol–water partition coefficient (Wildman–Crippen LogP) is 5.05. The third kappa shape index (κ3) is 2.56. The van der Waals surface area contributed by atoms with Gasteiger partial charge in [-0.2, -0.15) is 0 Å². The Hall–Kier alpha value is -1.02. The van der Waals surface area contributed by atoms with Crippen LogP contribution in [0, 0.1) is 0 Å². The molecule has 0 amide bonds. The molecule has 0 aliphatic heterocycles. The lowest BCUT2D eigenvalue weighted by Gasteiger charge is -2.02. The van der Waals surface area contributed by atoms with E-state index in [1.54, 1.807) is 0 Å². The first kappa shape index (κ1) is 11.5. The van der Waals surface area contributed by atoms with Crippen LogP contribution in [0.4, 0.5) is 0 Å². The molecular formula is C14H15BrO. The molecule has 0 saturated heterocycles. The van der Waals surface area contributed by atoms with Gasteiger partial charge in [-0.15, -0.1) is 0 Å². The smallest absolute Gasteiger partial charge is 0.0983 e. The standard InChI is InChI=1S/C14H15BrO/c1-2-3-4-12-9-16-10-14(12)11-5-7-13(15)8-6-11/h5-10H,2-4H2,1H3. The average molecular weight is 279 g/mol. The van der Waals surface area contributed by atoms with Crippen molar-refractivity contribution in [3.8, 4) is 11.1 Å². The molecule has 1 nitrogen and oxygen atoms in total. The van der Waals surface area contributed by atoms with Gasteiger partial charge in [-0.3, -0.25) is 0 Å². The van der Waals surface area contributed by atoms with Crippen LogP contribution in [0.25, 0.3) is 11.1 Å². The van der Waals surface area contributed by atoms with E-state index < -0.39 is 0 Å². The molecule has 2 rings (SSSR count). The van der Waals surface area contributed by atoms with Crippen molar-refractivity contribution in [3.05, 3.63) is 46.8 Å². The van der Waals surface area contributed by atoms with Crippen LogP contribution in [0.15, 0.2) is 45.7 Å². The van der Waals surface area contributed by atoms with E-state index in [1.807, 2.05) is 12.5 Å². The summed E-state index contributed by atoms with van der Waals surface area (Å²) in [7, 11) is 0. The number of hydrogen-bond acceptors (Lipinski definition) is 1. The Labute approximate surface area is 105 Å². The Morgan fingerprint density at radius 2 is 1.88 bits per heavy atom. The fourth-order valence-electron chi connectivity index (χ4n) is 1.77. The fourth-order valence-corrected chi connectivity index (χ4v) is 2.03. The number of hydrogen-bond donors (Lipinski definition) is 0.